The molecule has 2 fully saturated rings. The van der Waals surface area contributed by atoms with E-state index < -0.39 is 0 Å². The van der Waals surface area contributed by atoms with Gasteiger partial charge in [0.25, 0.3) is 0 Å². The van der Waals surface area contributed by atoms with Gasteiger partial charge in [-0.25, -0.2) is 4.98 Å². The second-order valence-corrected chi connectivity index (χ2v) is 8.09. The minimum absolute atomic E-state index is 0. The Kier molecular flexibility index (Phi) is 9.40. The van der Waals surface area contributed by atoms with Crippen molar-refractivity contribution < 1.29 is 4.74 Å². The molecule has 2 aliphatic rings. The number of hydrogen-bond acceptors (Lipinski definition) is 5. The van der Waals surface area contributed by atoms with Crippen molar-refractivity contribution >= 4 is 35.8 Å². The monoisotopic (exact) mass is 550 g/mol. The van der Waals surface area contributed by atoms with Gasteiger partial charge in [-0.2, -0.15) is 0 Å². The van der Waals surface area contributed by atoms with E-state index in [1.54, 1.807) is 7.11 Å². The maximum atomic E-state index is 5.68. The SMILES string of the molecule is CN=C(NCC(c1ccccc1OC)N1CCCC1)N1CCN(c2ccccn2)CC1.I. The molecule has 2 aromatic rings. The first kappa shape index (κ1) is 24.6. The molecule has 0 spiro atoms. The Bertz CT molecular complexity index is 851. The van der Waals surface area contributed by atoms with Crippen molar-refractivity contribution in [1.82, 2.24) is 20.1 Å². The highest BCUT2D eigenvalue weighted by Gasteiger charge is 2.27. The van der Waals surface area contributed by atoms with Crippen LogP contribution in [0.5, 0.6) is 5.75 Å². The molecule has 174 valence electrons. The van der Waals surface area contributed by atoms with Gasteiger partial charge in [-0.3, -0.25) is 9.89 Å². The van der Waals surface area contributed by atoms with Gasteiger partial charge in [-0.15, -0.1) is 24.0 Å². The number of methoxy groups -OCH3 is 1. The maximum Gasteiger partial charge on any atom is 0.193 e. The molecule has 0 bridgehead atoms. The predicted molar refractivity (Wildman–Crippen MR) is 141 cm³/mol. The fourth-order valence-corrected chi connectivity index (χ4v) is 4.64. The van der Waals surface area contributed by atoms with Gasteiger partial charge in [0.1, 0.15) is 11.6 Å². The number of para-hydroxylation sites is 1. The molecule has 0 radical (unpaired) electrons. The van der Waals surface area contributed by atoms with Crippen LogP contribution in [0.1, 0.15) is 24.4 Å². The summed E-state index contributed by atoms with van der Waals surface area (Å²) in [6.45, 7) is 6.82. The van der Waals surface area contributed by atoms with Crippen molar-refractivity contribution in [3.8, 4) is 5.75 Å². The van der Waals surface area contributed by atoms with E-state index in [2.05, 4.69) is 54.3 Å². The lowest BCUT2D eigenvalue weighted by atomic mass is 10.0. The normalized spacial score (nSPS) is 18.2. The Morgan fingerprint density at radius 3 is 2.41 bits per heavy atom. The molecule has 1 aromatic carbocycles. The van der Waals surface area contributed by atoms with E-state index in [-0.39, 0.29) is 30.0 Å². The third-order valence-electron chi connectivity index (χ3n) is 6.30. The quantitative estimate of drug-likeness (QED) is 0.339. The fraction of sp³-hybridized carbons (Fsp3) is 0.500. The highest BCUT2D eigenvalue weighted by atomic mass is 127. The number of nitrogens with one attached hydrogen (secondary N) is 1. The Balaban J connectivity index is 0.00000289. The number of ether oxygens (including phenoxy) is 1. The van der Waals surface area contributed by atoms with Crippen LogP contribution >= 0.6 is 24.0 Å². The first-order chi connectivity index (χ1) is 15.3. The summed E-state index contributed by atoms with van der Waals surface area (Å²) < 4.78 is 5.68. The van der Waals surface area contributed by atoms with Crippen LogP contribution in [0.25, 0.3) is 0 Å². The van der Waals surface area contributed by atoms with Crippen molar-refractivity contribution in [3.05, 3.63) is 54.2 Å². The van der Waals surface area contributed by atoms with Gasteiger partial charge >= 0.3 is 0 Å². The molecule has 0 aliphatic carbocycles. The molecule has 4 rings (SSSR count). The van der Waals surface area contributed by atoms with Gasteiger partial charge in [-0.05, 0) is 44.1 Å². The van der Waals surface area contributed by atoms with Gasteiger partial charge in [0.05, 0.1) is 13.2 Å². The molecule has 1 aromatic heterocycles. The standard InChI is InChI=1S/C24H34N6O.HI/c1-25-24(30-17-15-29(16-18-30)23-11-5-6-12-26-23)27-19-21(28-13-7-8-14-28)20-9-3-4-10-22(20)31-2;/h3-6,9-12,21H,7-8,13-19H2,1-2H3,(H,25,27);1H. The Hall–Kier alpha value is -2.07. The number of aromatic nitrogens is 1. The summed E-state index contributed by atoms with van der Waals surface area (Å²) in [7, 11) is 3.63. The number of nitrogens with zero attached hydrogens (tertiary/aromatic N) is 5. The van der Waals surface area contributed by atoms with Crippen LogP contribution in [-0.4, -0.2) is 80.7 Å². The number of anilines is 1. The second-order valence-electron chi connectivity index (χ2n) is 8.09. The number of benzene rings is 1. The van der Waals surface area contributed by atoms with E-state index >= 15 is 0 Å². The fourth-order valence-electron chi connectivity index (χ4n) is 4.64. The third kappa shape index (κ3) is 5.83. The zero-order valence-electron chi connectivity index (χ0n) is 19.1. The Morgan fingerprint density at radius 2 is 1.75 bits per heavy atom. The van der Waals surface area contributed by atoms with Crippen molar-refractivity contribution in [2.75, 3.05) is 64.9 Å². The molecule has 0 amide bonds. The van der Waals surface area contributed by atoms with Crippen LogP contribution in [0, 0.1) is 0 Å². The average Bonchev–Trinajstić information content (AvgIpc) is 3.37. The van der Waals surface area contributed by atoms with Crippen molar-refractivity contribution in [2.24, 2.45) is 4.99 Å². The van der Waals surface area contributed by atoms with E-state index in [1.165, 1.54) is 18.4 Å². The minimum atomic E-state index is 0. The Labute approximate surface area is 208 Å². The molecule has 2 aliphatic heterocycles. The lowest BCUT2D eigenvalue weighted by Gasteiger charge is -2.38. The molecule has 2 saturated heterocycles. The molecule has 1 unspecified atom stereocenters. The lowest BCUT2D eigenvalue weighted by Crippen LogP contribution is -2.53. The third-order valence-corrected chi connectivity index (χ3v) is 6.30. The number of guanidine groups is 1. The highest BCUT2D eigenvalue weighted by molar-refractivity contribution is 14.0. The van der Waals surface area contributed by atoms with Gasteiger partial charge in [0.2, 0.25) is 0 Å². The van der Waals surface area contributed by atoms with Gasteiger partial charge < -0.3 is 19.9 Å². The van der Waals surface area contributed by atoms with E-state index in [4.69, 9.17) is 4.74 Å². The summed E-state index contributed by atoms with van der Waals surface area (Å²) >= 11 is 0. The van der Waals surface area contributed by atoms with Crippen molar-refractivity contribution in [3.63, 3.8) is 0 Å². The molecule has 3 heterocycles. The molecule has 0 saturated carbocycles. The maximum absolute atomic E-state index is 5.68. The predicted octanol–water partition coefficient (Wildman–Crippen LogP) is 3.24. The summed E-state index contributed by atoms with van der Waals surface area (Å²) in [6, 6.07) is 14.8. The number of hydrogen-bond donors (Lipinski definition) is 1. The van der Waals surface area contributed by atoms with Gasteiger partial charge in [0, 0.05) is 51.5 Å². The van der Waals surface area contributed by atoms with Crippen LogP contribution in [0.15, 0.2) is 53.7 Å². The molecule has 32 heavy (non-hydrogen) atoms. The molecule has 1 N–H and O–H groups in total. The van der Waals surface area contributed by atoms with Crippen LogP contribution in [0.3, 0.4) is 0 Å². The topological polar surface area (TPSA) is 56.2 Å². The van der Waals surface area contributed by atoms with Crippen molar-refractivity contribution in [2.45, 2.75) is 18.9 Å². The summed E-state index contributed by atoms with van der Waals surface area (Å²) in [6.07, 6.45) is 4.38. The number of likely N-dealkylation sites (tertiary alicyclic amines) is 1. The van der Waals surface area contributed by atoms with Crippen molar-refractivity contribution in [1.29, 1.82) is 0 Å². The lowest BCUT2D eigenvalue weighted by molar-refractivity contribution is 0.237. The van der Waals surface area contributed by atoms with E-state index in [1.807, 2.05) is 31.4 Å². The molecular formula is C24H35IN6O. The number of aliphatic imine (C=N–C) groups is 1. The number of rotatable bonds is 6. The molecular weight excluding hydrogens is 515 g/mol. The summed E-state index contributed by atoms with van der Waals surface area (Å²) in [4.78, 5) is 16.3. The van der Waals surface area contributed by atoms with Crippen LogP contribution < -0.4 is 15.0 Å². The van der Waals surface area contributed by atoms with E-state index in [0.717, 1.165) is 63.3 Å². The average molecular weight is 550 g/mol. The minimum Gasteiger partial charge on any atom is -0.496 e. The number of halogens is 1. The zero-order chi connectivity index (χ0) is 21.5. The van der Waals surface area contributed by atoms with Crippen LogP contribution in [0.4, 0.5) is 5.82 Å². The van der Waals surface area contributed by atoms with Crippen LogP contribution in [-0.2, 0) is 0 Å². The van der Waals surface area contributed by atoms with Gasteiger partial charge in [-0.1, -0.05) is 24.3 Å². The Morgan fingerprint density at radius 1 is 1.03 bits per heavy atom. The van der Waals surface area contributed by atoms with E-state index in [0.29, 0.717) is 0 Å². The molecule has 7 nitrogen and oxygen atoms in total. The first-order valence-corrected chi connectivity index (χ1v) is 11.3. The summed E-state index contributed by atoms with van der Waals surface area (Å²) in [5.74, 6) is 2.98. The van der Waals surface area contributed by atoms with E-state index in [9.17, 15) is 0 Å². The highest BCUT2D eigenvalue weighted by Crippen LogP contribution is 2.31. The van der Waals surface area contributed by atoms with Crippen LogP contribution in [0.2, 0.25) is 0 Å². The second kappa shape index (κ2) is 12.2. The summed E-state index contributed by atoms with van der Waals surface area (Å²) in [5.41, 5.74) is 1.25. The number of pyridine rings is 1. The zero-order valence-corrected chi connectivity index (χ0v) is 21.4. The smallest absolute Gasteiger partial charge is 0.193 e. The molecule has 8 heteroatoms. The van der Waals surface area contributed by atoms with Gasteiger partial charge in [0.15, 0.2) is 5.96 Å². The first-order valence-electron chi connectivity index (χ1n) is 11.3. The molecule has 1 atom stereocenters. The summed E-state index contributed by atoms with van der Waals surface area (Å²) in [5, 5.41) is 3.67. The largest absolute Gasteiger partial charge is 0.496 e. The number of piperazine rings is 1.